The second kappa shape index (κ2) is 41.2. The third kappa shape index (κ3) is 38.2. The van der Waals surface area contributed by atoms with Crippen molar-refractivity contribution in [1.29, 1.82) is 0 Å². The van der Waals surface area contributed by atoms with Gasteiger partial charge in [0.15, 0.2) is 0 Å². The van der Waals surface area contributed by atoms with Crippen LogP contribution in [0.15, 0.2) is 12.2 Å². The van der Waals surface area contributed by atoms with Crippen molar-refractivity contribution in [3.8, 4) is 0 Å². The number of unbranched alkanes of at least 4 members (excludes halogenated alkanes) is 28. The van der Waals surface area contributed by atoms with Gasteiger partial charge in [0, 0.05) is 12.8 Å². The standard InChI is InChI=1S/C46H86N2O7/c1-3-5-7-9-11-13-14-15-16-17-18-19-20-21-22-24-30-34-38-45(52)55-41(35-31-27-23-12-10-8-6-4-2)36-32-28-25-26-29-33-37-43(50)47-39-44(51)48-42(40-49)46(53)54/h31,35,41-42,49H,3-30,32-34,36-40H2,1-2H3,(H,47,50)(H,48,51)(H,53,54)/b35-31-. The van der Waals surface area contributed by atoms with Crippen LogP contribution in [0.2, 0.25) is 0 Å². The summed E-state index contributed by atoms with van der Waals surface area (Å²) in [6.07, 6.45) is 44.1. The second-order valence-electron chi connectivity index (χ2n) is 15.9. The predicted octanol–water partition coefficient (Wildman–Crippen LogP) is 11.4. The maximum absolute atomic E-state index is 12.8. The third-order valence-corrected chi connectivity index (χ3v) is 10.5. The zero-order valence-corrected chi connectivity index (χ0v) is 35.7. The first-order chi connectivity index (χ1) is 26.8. The molecule has 55 heavy (non-hydrogen) atoms. The minimum atomic E-state index is -1.38. The van der Waals surface area contributed by atoms with Crippen molar-refractivity contribution in [3.63, 3.8) is 0 Å². The largest absolute Gasteiger partial charge is 0.480 e. The van der Waals surface area contributed by atoms with E-state index in [1.165, 1.54) is 141 Å². The Labute approximate surface area is 337 Å². The van der Waals surface area contributed by atoms with Crippen LogP contribution in [0.1, 0.15) is 232 Å². The van der Waals surface area contributed by atoms with Crippen LogP contribution >= 0.6 is 0 Å². The number of allylic oxidation sites excluding steroid dienone is 1. The van der Waals surface area contributed by atoms with Crippen molar-refractivity contribution in [3.05, 3.63) is 12.2 Å². The van der Waals surface area contributed by atoms with E-state index in [0.717, 1.165) is 57.8 Å². The Kier molecular flexibility index (Phi) is 39.4. The van der Waals surface area contributed by atoms with Gasteiger partial charge in [-0.3, -0.25) is 14.4 Å². The lowest BCUT2D eigenvalue weighted by atomic mass is 10.0. The van der Waals surface area contributed by atoms with Crippen LogP contribution < -0.4 is 10.6 Å². The summed E-state index contributed by atoms with van der Waals surface area (Å²) in [6.45, 7) is 3.49. The first-order valence-electron chi connectivity index (χ1n) is 23.1. The van der Waals surface area contributed by atoms with E-state index in [1.807, 2.05) is 0 Å². The number of hydrogen-bond acceptors (Lipinski definition) is 6. The molecule has 2 atom stereocenters. The Morgan fingerprint density at radius 1 is 0.545 bits per heavy atom. The molecule has 9 nitrogen and oxygen atoms in total. The van der Waals surface area contributed by atoms with Gasteiger partial charge in [0.05, 0.1) is 13.2 Å². The molecule has 0 aliphatic heterocycles. The number of aliphatic carboxylic acids is 1. The first kappa shape index (κ1) is 52.6. The van der Waals surface area contributed by atoms with Crippen molar-refractivity contribution in [1.82, 2.24) is 10.6 Å². The Morgan fingerprint density at radius 3 is 1.42 bits per heavy atom. The van der Waals surface area contributed by atoms with Gasteiger partial charge in [-0.1, -0.05) is 187 Å². The smallest absolute Gasteiger partial charge is 0.328 e. The highest BCUT2D eigenvalue weighted by molar-refractivity contribution is 5.87. The molecule has 0 aromatic heterocycles. The van der Waals surface area contributed by atoms with Gasteiger partial charge in [-0.25, -0.2) is 4.79 Å². The summed E-state index contributed by atoms with van der Waals surface area (Å²) in [7, 11) is 0. The minimum Gasteiger partial charge on any atom is -0.480 e. The van der Waals surface area contributed by atoms with E-state index in [9.17, 15) is 19.2 Å². The number of esters is 1. The lowest BCUT2D eigenvalue weighted by Gasteiger charge is -2.15. The molecular weight excluding hydrogens is 693 g/mol. The Balaban J connectivity index is 4.13. The predicted molar refractivity (Wildman–Crippen MR) is 227 cm³/mol. The molecular formula is C46H86N2O7. The molecule has 0 bridgehead atoms. The maximum Gasteiger partial charge on any atom is 0.328 e. The zero-order chi connectivity index (χ0) is 40.5. The van der Waals surface area contributed by atoms with Gasteiger partial charge in [0.25, 0.3) is 0 Å². The van der Waals surface area contributed by atoms with Crippen molar-refractivity contribution in [2.45, 2.75) is 244 Å². The average Bonchev–Trinajstić information content (AvgIpc) is 3.17. The number of ether oxygens (including phenoxy) is 1. The van der Waals surface area contributed by atoms with Gasteiger partial charge in [0.2, 0.25) is 11.8 Å². The van der Waals surface area contributed by atoms with E-state index >= 15 is 0 Å². The number of hydrogen-bond donors (Lipinski definition) is 4. The molecule has 0 heterocycles. The average molecular weight is 779 g/mol. The highest BCUT2D eigenvalue weighted by Gasteiger charge is 2.18. The molecule has 9 heteroatoms. The molecule has 0 aliphatic rings. The second-order valence-corrected chi connectivity index (χ2v) is 15.9. The van der Waals surface area contributed by atoms with Crippen molar-refractivity contribution < 1.29 is 34.1 Å². The SMILES string of the molecule is CCCCCCCC/C=C\C(CCCCCCCCC(=O)NCC(=O)NC(CO)C(=O)O)OC(=O)CCCCCCCCCCCCCCCCCCCC. The highest BCUT2D eigenvalue weighted by Crippen LogP contribution is 2.17. The normalized spacial score (nSPS) is 12.5. The molecule has 0 saturated carbocycles. The van der Waals surface area contributed by atoms with E-state index in [-0.39, 0.29) is 24.5 Å². The lowest BCUT2D eigenvalue weighted by Crippen LogP contribution is -2.47. The Bertz CT molecular complexity index is 941. The number of nitrogens with one attached hydrogen (secondary N) is 2. The molecule has 2 unspecified atom stereocenters. The molecule has 0 saturated heterocycles. The molecule has 0 aliphatic carbocycles. The number of carbonyl (C=O) groups excluding carboxylic acids is 3. The molecule has 2 amide bonds. The van der Waals surface area contributed by atoms with E-state index < -0.39 is 24.5 Å². The fraction of sp³-hybridized carbons (Fsp3) is 0.870. The third-order valence-electron chi connectivity index (χ3n) is 10.5. The summed E-state index contributed by atoms with van der Waals surface area (Å²) >= 11 is 0. The van der Waals surface area contributed by atoms with Gasteiger partial charge < -0.3 is 25.6 Å². The molecule has 0 radical (unpaired) electrons. The van der Waals surface area contributed by atoms with E-state index in [1.54, 1.807) is 0 Å². The fourth-order valence-electron chi connectivity index (χ4n) is 6.92. The van der Waals surface area contributed by atoms with Crippen LogP contribution in [-0.4, -0.2) is 59.3 Å². The van der Waals surface area contributed by atoms with Crippen LogP contribution in [0.25, 0.3) is 0 Å². The number of aliphatic hydroxyl groups excluding tert-OH is 1. The first-order valence-corrected chi connectivity index (χ1v) is 23.1. The molecule has 0 fully saturated rings. The topological polar surface area (TPSA) is 142 Å². The van der Waals surface area contributed by atoms with Gasteiger partial charge in [-0.15, -0.1) is 0 Å². The number of carbonyl (C=O) groups is 4. The number of carboxylic acid groups (broad SMARTS) is 1. The van der Waals surface area contributed by atoms with Crippen molar-refractivity contribution in [2.24, 2.45) is 0 Å². The van der Waals surface area contributed by atoms with Gasteiger partial charge in [-0.05, 0) is 44.6 Å². The van der Waals surface area contributed by atoms with Crippen LogP contribution in [0, 0.1) is 0 Å². The Morgan fingerprint density at radius 2 is 0.964 bits per heavy atom. The van der Waals surface area contributed by atoms with Crippen LogP contribution in [0.5, 0.6) is 0 Å². The van der Waals surface area contributed by atoms with Crippen molar-refractivity contribution in [2.75, 3.05) is 13.2 Å². The van der Waals surface area contributed by atoms with Gasteiger partial charge in [0.1, 0.15) is 12.1 Å². The summed E-state index contributed by atoms with van der Waals surface area (Å²) in [4.78, 5) is 47.4. The van der Waals surface area contributed by atoms with E-state index in [2.05, 4.69) is 36.6 Å². The Hall–Kier alpha value is -2.42. The van der Waals surface area contributed by atoms with E-state index in [4.69, 9.17) is 14.9 Å². The molecule has 4 N–H and O–H groups in total. The number of rotatable bonds is 42. The lowest BCUT2D eigenvalue weighted by molar-refractivity contribution is -0.147. The van der Waals surface area contributed by atoms with Crippen LogP contribution in [-0.2, 0) is 23.9 Å². The maximum atomic E-state index is 12.8. The van der Waals surface area contributed by atoms with Gasteiger partial charge in [-0.2, -0.15) is 0 Å². The summed E-state index contributed by atoms with van der Waals surface area (Å²) in [5, 5.41) is 22.5. The minimum absolute atomic E-state index is 0.0726. The molecule has 0 spiro atoms. The van der Waals surface area contributed by atoms with Crippen molar-refractivity contribution >= 4 is 23.8 Å². The summed E-state index contributed by atoms with van der Waals surface area (Å²) in [6, 6.07) is -1.38. The summed E-state index contributed by atoms with van der Waals surface area (Å²) in [5.41, 5.74) is 0. The number of carboxylic acids is 1. The molecule has 0 aromatic rings. The number of aliphatic hydroxyl groups is 1. The van der Waals surface area contributed by atoms with Gasteiger partial charge >= 0.3 is 11.9 Å². The fourth-order valence-corrected chi connectivity index (χ4v) is 6.92. The zero-order valence-electron chi connectivity index (χ0n) is 35.7. The molecule has 322 valence electrons. The monoisotopic (exact) mass is 779 g/mol. The molecule has 0 aromatic carbocycles. The molecule has 0 rings (SSSR count). The van der Waals surface area contributed by atoms with Crippen LogP contribution in [0.3, 0.4) is 0 Å². The number of amides is 2. The van der Waals surface area contributed by atoms with E-state index in [0.29, 0.717) is 19.3 Å². The summed E-state index contributed by atoms with van der Waals surface area (Å²) in [5.74, 6) is -2.31. The quantitative estimate of drug-likeness (QED) is 0.0274. The highest BCUT2D eigenvalue weighted by atomic mass is 16.5. The van der Waals surface area contributed by atoms with Crippen LogP contribution in [0.4, 0.5) is 0 Å². The summed E-state index contributed by atoms with van der Waals surface area (Å²) < 4.78 is 5.95.